The maximum absolute atomic E-state index is 10.8. The molecule has 0 bridgehead atoms. The van der Waals surface area contributed by atoms with Gasteiger partial charge < -0.3 is 10.1 Å². The van der Waals surface area contributed by atoms with Crippen LogP contribution in [0, 0.1) is 0 Å². The first-order valence-electron chi connectivity index (χ1n) is 4.02. The zero-order chi connectivity index (χ0) is 9.68. The summed E-state index contributed by atoms with van der Waals surface area (Å²) in [6.07, 6.45) is 1.56. The van der Waals surface area contributed by atoms with Gasteiger partial charge in [0.05, 0.1) is 18.5 Å². The lowest BCUT2D eigenvalue weighted by molar-refractivity contribution is 0.190. The summed E-state index contributed by atoms with van der Waals surface area (Å²) in [5.41, 5.74) is 0.489. The fourth-order valence-electron chi connectivity index (χ4n) is 1.03. The van der Waals surface area contributed by atoms with Gasteiger partial charge in [0.2, 0.25) is 0 Å². The van der Waals surface area contributed by atoms with Gasteiger partial charge in [0.15, 0.2) is 0 Å². The molecule has 1 rings (SSSR count). The Kier molecular flexibility index (Phi) is 3.45. The first-order valence-corrected chi connectivity index (χ1v) is 4.02. The fourth-order valence-corrected chi connectivity index (χ4v) is 1.03. The molecule has 0 aliphatic carbocycles. The SMILES string of the molecule is COCC(C)Nc1cn[nH]c(=O)c1. The average Bonchev–Trinajstić information content (AvgIpc) is 2.04. The largest absolute Gasteiger partial charge is 0.383 e. The molecule has 0 fully saturated rings. The van der Waals surface area contributed by atoms with Crippen molar-refractivity contribution in [2.75, 3.05) is 19.0 Å². The minimum absolute atomic E-state index is 0.161. The Morgan fingerprint density at radius 2 is 2.54 bits per heavy atom. The number of nitrogens with one attached hydrogen (secondary N) is 2. The summed E-state index contributed by atoms with van der Waals surface area (Å²) < 4.78 is 4.94. The van der Waals surface area contributed by atoms with Crippen LogP contribution in [-0.2, 0) is 4.74 Å². The predicted octanol–water partition coefficient (Wildman–Crippen LogP) is 0.217. The summed E-state index contributed by atoms with van der Waals surface area (Å²) in [6, 6.07) is 1.62. The standard InChI is InChI=1S/C8H13N3O2/c1-6(5-13-2)10-7-3-8(12)11-9-4-7/h3-4,6H,5H2,1-2H3,(H2,10,11,12). The fraction of sp³-hybridized carbons (Fsp3) is 0.500. The maximum atomic E-state index is 10.8. The van der Waals surface area contributed by atoms with Gasteiger partial charge in [-0.25, -0.2) is 5.10 Å². The van der Waals surface area contributed by atoms with E-state index < -0.39 is 0 Å². The van der Waals surface area contributed by atoms with Crippen molar-refractivity contribution in [3.8, 4) is 0 Å². The average molecular weight is 183 g/mol. The minimum Gasteiger partial charge on any atom is -0.383 e. The lowest BCUT2D eigenvalue weighted by Crippen LogP contribution is -2.22. The van der Waals surface area contributed by atoms with Gasteiger partial charge in [-0.1, -0.05) is 0 Å². The lowest BCUT2D eigenvalue weighted by Gasteiger charge is -2.12. The molecule has 0 aromatic carbocycles. The Hall–Kier alpha value is -1.36. The van der Waals surface area contributed by atoms with E-state index in [0.717, 1.165) is 0 Å². The van der Waals surface area contributed by atoms with E-state index >= 15 is 0 Å². The van der Waals surface area contributed by atoms with E-state index in [1.165, 1.54) is 6.07 Å². The van der Waals surface area contributed by atoms with E-state index in [0.29, 0.717) is 12.3 Å². The van der Waals surface area contributed by atoms with E-state index in [-0.39, 0.29) is 11.6 Å². The van der Waals surface area contributed by atoms with E-state index in [1.54, 1.807) is 13.3 Å². The molecule has 5 nitrogen and oxygen atoms in total. The van der Waals surface area contributed by atoms with Crippen LogP contribution in [0.15, 0.2) is 17.1 Å². The van der Waals surface area contributed by atoms with Crippen LogP contribution in [0.1, 0.15) is 6.92 Å². The van der Waals surface area contributed by atoms with Gasteiger partial charge in [0, 0.05) is 19.2 Å². The second kappa shape index (κ2) is 4.61. The molecule has 5 heteroatoms. The molecule has 0 radical (unpaired) electrons. The quantitative estimate of drug-likeness (QED) is 0.700. The Labute approximate surface area is 76.1 Å². The molecule has 2 N–H and O–H groups in total. The summed E-state index contributed by atoms with van der Waals surface area (Å²) in [6.45, 7) is 2.55. The summed E-state index contributed by atoms with van der Waals surface area (Å²) in [4.78, 5) is 10.8. The predicted molar refractivity (Wildman–Crippen MR) is 49.8 cm³/mol. The van der Waals surface area contributed by atoms with Crippen LogP contribution in [0.4, 0.5) is 5.69 Å². The Balaban J connectivity index is 2.58. The molecule has 1 heterocycles. The third-order valence-electron chi connectivity index (χ3n) is 1.49. The van der Waals surface area contributed by atoms with Crippen molar-refractivity contribution < 1.29 is 4.74 Å². The highest BCUT2D eigenvalue weighted by Crippen LogP contribution is 2.01. The number of methoxy groups -OCH3 is 1. The molecular formula is C8H13N3O2. The number of ether oxygens (including phenoxy) is 1. The van der Waals surface area contributed by atoms with Gasteiger partial charge in [-0.2, -0.15) is 5.10 Å². The molecule has 1 unspecified atom stereocenters. The minimum atomic E-state index is -0.213. The number of aromatic amines is 1. The summed E-state index contributed by atoms with van der Waals surface area (Å²) in [5.74, 6) is 0. The van der Waals surface area contributed by atoms with Crippen molar-refractivity contribution in [1.82, 2.24) is 10.2 Å². The number of H-pyrrole nitrogens is 1. The van der Waals surface area contributed by atoms with Crippen LogP contribution < -0.4 is 10.9 Å². The molecule has 0 saturated heterocycles. The summed E-state index contributed by atoms with van der Waals surface area (Å²) >= 11 is 0. The highest BCUT2D eigenvalue weighted by Gasteiger charge is 2.00. The second-order valence-electron chi connectivity index (χ2n) is 2.83. The molecule has 0 spiro atoms. The van der Waals surface area contributed by atoms with Crippen molar-refractivity contribution >= 4 is 5.69 Å². The molecule has 72 valence electrons. The maximum Gasteiger partial charge on any atom is 0.266 e. The molecule has 0 saturated carbocycles. The number of nitrogens with zero attached hydrogens (tertiary/aromatic N) is 1. The van der Waals surface area contributed by atoms with Crippen LogP contribution >= 0.6 is 0 Å². The van der Waals surface area contributed by atoms with E-state index in [4.69, 9.17) is 4.74 Å². The third-order valence-corrected chi connectivity index (χ3v) is 1.49. The molecule has 0 aliphatic heterocycles. The van der Waals surface area contributed by atoms with E-state index in [1.807, 2.05) is 6.92 Å². The lowest BCUT2D eigenvalue weighted by atomic mass is 10.3. The van der Waals surface area contributed by atoms with E-state index in [2.05, 4.69) is 15.5 Å². The highest BCUT2D eigenvalue weighted by atomic mass is 16.5. The number of hydrogen-bond acceptors (Lipinski definition) is 4. The molecule has 1 aromatic rings. The van der Waals surface area contributed by atoms with Gasteiger partial charge in [-0.05, 0) is 6.92 Å². The van der Waals surface area contributed by atoms with Crippen molar-refractivity contribution in [2.45, 2.75) is 13.0 Å². The monoisotopic (exact) mass is 183 g/mol. The van der Waals surface area contributed by atoms with E-state index in [9.17, 15) is 4.79 Å². The van der Waals surface area contributed by atoms with Crippen molar-refractivity contribution in [2.24, 2.45) is 0 Å². The van der Waals surface area contributed by atoms with Crippen LogP contribution in [0.25, 0.3) is 0 Å². The number of rotatable bonds is 4. The van der Waals surface area contributed by atoms with Gasteiger partial charge in [-0.3, -0.25) is 4.79 Å². The molecule has 0 aliphatic rings. The summed E-state index contributed by atoms with van der Waals surface area (Å²) in [5, 5.41) is 9.03. The second-order valence-corrected chi connectivity index (χ2v) is 2.83. The molecule has 13 heavy (non-hydrogen) atoms. The van der Waals surface area contributed by atoms with Crippen LogP contribution in [0.3, 0.4) is 0 Å². The third kappa shape index (κ3) is 3.25. The number of aromatic nitrogens is 2. The number of anilines is 1. The Morgan fingerprint density at radius 3 is 3.15 bits per heavy atom. The highest BCUT2D eigenvalue weighted by molar-refractivity contribution is 5.39. The normalized spacial score (nSPS) is 12.5. The van der Waals surface area contributed by atoms with Gasteiger partial charge in [0.1, 0.15) is 0 Å². The van der Waals surface area contributed by atoms with Crippen LogP contribution in [-0.4, -0.2) is 30.0 Å². The smallest absolute Gasteiger partial charge is 0.266 e. The first-order chi connectivity index (χ1) is 6.22. The topological polar surface area (TPSA) is 67.0 Å². The van der Waals surface area contributed by atoms with Gasteiger partial charge in [0.25, 0.3) is 5.56 Å². The molecule has 1 atom stereocenters. The van der Waals surface area contributed by atoms with Gasteiger partial charge in [-0.15, -0.1) is 0 Å². The van der Waals surface area contributed by atoms with Crippen LogP contribution in [0.5, 0.6) is 0 Å². The van der Waals surface area contributed by atoms with Crippen molar-refractivity contribution in [1.29, 1.82) is 0 Å². The van der Waals surface area contributed by atoms with Crippen molar-refractivity contribution in [3.63, 3.8) is 0 Å². The Morgan fingerprint density at radius 1 is 1.77 bits per heavy atom. The first kappa shape index (κ1) is 9.73. The summed E-state index contributed by atoms with van der Waals surface area (Å²) in [7, 11) is 1.63. The zero-order valence-corrected chi connectivity index (χ0v) is 7.70. The molecule has 1 aromatic heterocycles. The number of hydrogen-bond donors (Lipinski definition) is 2. The van der Waals surface area contributed by atoms with Gasteiger partial charge >= 0.3 is 0 Å². The van der Waals surface area contributed by atoms with Crippen molar-refractivity contribution in [3.05, 3.63) is 22.6 Å². The van der Waals surface area contributed by atoms with Crippen LogP contribution in [0.2, 0.25) is 0 Å². The Bertz CT molecular complexity index is 310. The molecule has 0 amide bonds. The zero-order valence-electron chi connectivity index (χ0n) is 7.70. The molecular weight excluding hydrogens is 170 g/mol.